The van der Waals surface area contributed by atoms with Gasteiger partial charge < -0.3 is 4.57 Å². The van der Waals surface area contributed by atoms with E-state index in [1.807, 2.05) is 18.5 Å². The summed E-state index contributed by atoms with van der Waals surface area (Å²) in [7, 11) is 0. The van der Waals surface area contributed by atoms with E-state index in [1.165, 1.54) is 32.7 Å². The normalized spacial score (nSPS) is 11.6. The smallest absolute Gasteiger partial charge is 0.161 e. The molecule has 3 aromatic heterocycles. The van der Waals surface area contributed by atoms with Crippen molar-refractivity contribution in [1.82, 2.24) is 19.5 Å². The first-order chi connectivity index (χ1) is 27.3. The third-order valence-corrected chi connectivity index (χ3v) is 10.9. The Bertz CT molecular complexity index is 3200. The third-order valence-electron chi connectivity index (χ3n) is 10.9. The molecule has 3 heterocycles. The summed E-state index contributed by atoms with van der Waals surface area (Å²) >= 11 is 0. The molecule has 4 heteroatoms. The summed E-state index contributed by atoms with van der Waals surface area (Å²) in [6.07, 6.45) is 3.83. The molecule has 8 aromatic carbocycles. The summed E-state index contributed by atoms with van der Waals surface area (Å²) in [5, 5.41) is 9.26. The van der Waals surface area contributed by atoms with Gasteiger partial charge in [-0.2, -0.15) is 0 Å². The molecule has 256 valence electrons. The Labute approximate surface area is 317 Å². The van der Waals surface area contributed by atoms with Crippen molar-refractivity contribution in [3.63, 3.8) is 0 Å². The maximum absolute atomic E-state index is 5.46. The minimum absolute atomic E-state index is 0.697. The average Bonchev–Trinajstić information content (AvgIpc) is 3.59. The lowest BCUT2D eigenvalue weighted by molar-refractivity contribution is 1.17. The number of fused-ring (bicyclic) bond motifs is 6. The molecular weight excluding hydrogens is 669 g/mol. The van der Waals surface area contributed by atoms with Crippen molar-refractivity contribution in [2.24, 2.45) is 0 Å². The van der Waals surface area contributed by atoms with Gasteiger partial charge in [0.15, 0.2) is 5.82 Å². The molecule has 0 saturated carbocycles. The maximum atomic E-state index is 5.46. The van der Waals surface area contributed by atoms with Crippen molar-refractivity contribution in [3.8, 4) is 50.7 Å². The highest BCUT2D eigenvalue weighted by Crippen LogP contribution is 2.44. The van der Waals surface area contributed by atoms with Crippen LogP contribution >= 0.6 is 0 Å². The summed E-state index contributed by atoms with van der Waals surface area (Å²) in [4.78, 5) is 15.4. The van der Waals surface area contributed by atoms with Crippen LogP contribution in [0.5, 0.6) is 0 Å². The molecule has 0 radical (unpaired) electrons. The van der Waals surface area contributed by atoms with Crippen molar-refractivity contribution >= 4 is 54.1 Å². The summed E-state index contributed by atoms with van der Waals surface area (Å²) in [5.41, 5.74) is 10.6. The Morgan fingerprint density at radius 1 is 0.364 bits per heavy atom. The number of para-hydroxylation sites is 1. The van der Waals surface area contributed by atoms with Crippen LogP contribution in [0.1, 0.15) is 0 Å². The molecule has 0 aliphatic heterocycles. The van der Waals surface area contributed by atoms with Gasteiger partial charge in [-0.1, -0.05) is 140 Å². The van der Waals surface area contributed by atoms with Gasteiger partial charge in [-0.15, -0.1) is 0 Å². The van der Waals surface area contributed by atoms with Gasteiger partial charge in [0.2, 0.25) is 0 Å². The van der Waals surface area contributed by atoms with Crippen molar-refractivity contribution in [2.75, 3.05) is 0 Å². The van der Waals surface area contributed by atoms with E-state index < -0.39 is 0 Å². The zero-order valence-electron chi connectivity index (χ0n) is 29.8. The molecule has 0 spiro atoms. The Kier molecular flexibility index (Phi) is 7.14. The van der Waals surface area contributed by atoms with Crippen molar-refractivity contribution in [1.29, 1.82) is 0 Å². The van der Waals surface area contributed by atoms with Crippen LogP contribution in [0, 0.1) is 0 Å². The van der Waals surface area contributed by atoms with Crippen LogP contribution in [0.15, 0.2) is 194 Å². The van der Waals surface area contributed by atoms with E-state index in [0.717, 1.165) is 66.3 Å². The number of nitrogens with zero attached hydrogens (tertiary/aromatic N) is 4. The largest absolute Gasteiger partial charge is 0.309 e. The highest BCUT2D eigenvalue weighted by Gasteiger charge is 2.21. The quantitative estimate of drug-likeness (QED) is 0.168. The lowest BCUT2D eigenvalue weighted by Gasteiger charge is -2.18. The zero-order valence-corrected chi connectivity index (χ0v) is 29.8. The van der Waals surface area contributed by atoms with Crippen LogP contribution < -0.4 is 0 Å². The molecule has 0 aliphatic carbocycles. The number of hydrogen-bond donors (Lipinski definition) is 0. The second kappa shape index (κ2) is 12.6. The Hall–Kier alpha value is -7.43. The van der Waals surface area contributed by atoms with Gasteiger partial charge in [-0.3, -0.25) is 4.98 Å². The topological polar surface area (TPSA) is 43.6 Å². The number of hydrogen-bond acceptors (Lipinski definition) is 3. The second-order valence-corrected chi connectivity index (χ2v) is 14.0. The fraction of sp³-hybridized carbons (Fsp3) is 0. The van der Waals surface area contributed by atoms with E-state index in [9.17, 15) is 0 Å². The summed E-state index contributed by atoms with van der Waals surface area (Å²) in [5.74, 6) is 0.697. The molecule has 0 unspecified atom stereocenters. The van der Waals surface area contributed by atoms with Gasteiger partial charge in [-0.25, -0.2) is 9.97 Å². The third kappa shape index (κ3) is 5.11. The Balaban J connectivity index is 1.18. The summed E-state index contributed by atoms with van der Waals surface area (Å²) in [6.45, 7) is 0. The van der Waals surface area contributed by atoms with Gasteiger partial charge in [0.05, 0.1) is 22.4 Å². The van der Waals surface area contributed by atoms with Crippen LogP contribution in [-0.4, -0.2) is 19.5 Å². The standard InChI is InChI=1S/C51H32N4/c1-3-14-34(15-4-1)45-31-46(36-25-26-47-43(30-36)44-32-52-28-27-48(44)55(47)38-17-5-2-6-18-38)54-51(53-45)50-41-21-11-9-19-39(41)49(40-20-10-12-22-42(40)50)37-24-23-33-13-7-8-16-35(33)29-37/h1-32H. The predicted molar refractivity (Wildman–Crippen MR) is 228 cm³/mol. The predicted octanol–water partition coefficient (Wildman–Crippen LogP) is 13.1. The van der Waals surface area contributed by atoms with Crippen LogP contribution in [0.2, 0.25) is 0 Å². The summed E-state index contributed by atoms with van der Waals surface area (Å²) < 4.78 is 2.31. The lowest BCUT2D eigenvalue weighted by atomic mass is 9.87. The van der Waals surface area contributed by atoms with Crippen LogP contribution in [0.25, 0.3) is 105 Å². The number of aromatic nitrogens is 4. The maximum Gasteiger partial charge on any atom is 0.161 e. The molecule has 11 aromatic rings. The molecule has 0 atom stereocenters. The van der Waals surface area contributed by atoms with Crippen molar-refractivity contribution < 1.29 is 0 Å². The van der Waals surface area contributed by atoms with Gasteiger partial charge in [0.1, 0.15) is 0 Å². The van der Waals surface area contributed by atoms with E-state index in [-0.39, 0.29) is 0 Å². The lowest BCUT2D eigenvalue weighted by Crippen LogP contribution is -1.98. The molecule has 11 rings (SSSR count). The second-order valence-electron chi connectivity index (χ2n) is 14.0. The fourth-order valence-electron chi connectivity index (χ4n) is 8.37. The van der Waals surface area contributed by atoms with Gasteiger partial charge in [0.25, 0.3) is 0 Å². The zero-order chi connectivity index (χ0) is 36.3. The van der Waals surface area contributed by atoms with Crippen molar-refractivity contribution in [3.05, 3.63) is 194 Å². The van der Waals surface area contributed by atoms with E-state index in [0.29, 0.717) is 5.82 Å². The number of pyridine rings is 1. The van der Waals surface area contributed by atoms with Crippen LogP contribution in [-0.2, 0) is 0 Å². The molecule has 0 fully saturated rings. The molecule has 0 saturated heterocycles. The molecule has 4 nitrogen and oxygen atoms in total. The highest BCUT2D eigenvalue weighted by atomic mass is 15.0. The van der Waals surface area contributed by atoms with E-state index >= 15 is 0 Å². The van der Waals surface area contributed by atoms with Crippen LogP contribution in [0.3, 0.4) is 0 Å². The number of rotatable bonds is 5. The number of benzene rings is 8. The molecular formula is C51H32N4. The first-order valence-corrected chi connectivity index (χ1v) is 18.6. The highest BCUT2D eigenvalue weighted by molar-refractivity contribution is 6.21. The molecule has 0 N–H and O–H groups in total. The monoisotopic (exact) mass is 700 g/mol. The van der Waals surface area contributed by atoms with Gasteiger partial charge in [0, 0.05) is 45.5 Å². The SMILES string of the molecule is c1ccc(-c2cc(-c3ccc4c(c3)c3cnccc3n4-c3ccccc3)nc(-c3c4ccccc4c(-c4ccc5ccccc5c4)c4ccccc34)n2)cc1. The average molecular weight is 701 g/mol. The first-order valence-electron chi connectivity index (χ1n) is 18.6. The Morgan fingerprint density at radius 2 is 0.945 bits per heavy atom. The van der Waals surface area contributed by atoms with Crippen molar-refractivity contribution in [2.45, 2.75) is 0 Å². The van der Waals surface area contributed by atoms with E-state index in [4.69, 9.17) is 9.97 Å². The molecule has 55 heavy (non-hydrogen) atoms. The van der Waals surface area contributed by atoms with E-state index in [2.05, 4.69) is 185 Å². The van der Waals surface area contributed by atoms with Gasteiger partial charge >= 0.3 is 0 Å². The molecule has 0 aliphatic rings. The minimum Gasteiger partial charge on any atom is -0.309 e. The van der Waals surface area contributed by atoms with E-state index in [1.54, 1.807) is 0 Å². The van der Waals surface area contributed by atoms with Gasteiger partial charge in [-0.05, 0) is 85.9 Å². The van der Waals surface area contributed by atoms with Crippen LogP contribution in [0.4, 0.5) is 0 Å². The fourth-order valence-corrected chi connectivity index (χ4v) is 8.37. The molecule has 0 bridgehead atoms. The Morgan fingerprint density at radius 3 is 1.67 bits per heavy atom. The molecule has 0 amide bonds. The minimum atomic E-state index is 0.697. The first kappa shape index (κ1) is 31.1. The summed E-state index contributed by atoms with van der Waals surface area (Å²) in [6, 6.07) is 64.6.